The predicted molar refractivity (Wildman–Crippen MR) is 100 cm³/mol. The summed E-state index contributed by atoms with van der Waals surface area (Å²) in [5.74, 6) is 1.22. The molecule has 1 aliphatic heterocycles. The Morgan fingerprint density at radius 2 is 1.96 bits per heavy atom. The molecule has 0 spiro atoms. The van der Waals surface area contributed by atoms with Crippen LogP contribution in [0.5, 0.6) is 11.5 Å². The lowest BCUT2D eigenvalue weighted by molar-refractivity contribution is -0.140. The molecule has 0 saturated carbocycles. The minimum absolute atomic E-state index is 0.00691. The number of benzene rings is 1. The van der Waals surface area contributed by atoms with Gasteiger partial charge in [-0.15, -0.1) is 6.58 Å². The van der Waals surface area contributed by atoms with Crippen LogP contribution in [-0.4, -0.2) is 62.5 Å². The highest BCUT2D eigenvalue weighted by atomic mass is 16.5. The predicted octanol–water partition coefficient (Wildman–Crippen LogP) is 2.13. The minimum Gasteiger partial charge on any atom is -0.493 e. The smallest absolute Gasteiger partial charge is 0.260 e. The fourth-order valence-electron chi connectivity index (χ4n) is 3.10. The van der Waals surface area contributed by atoms with E-state index in [-0.39, 0.29) is 24.3 Å². The zero-order valence-corrected chi connectivity index (χ0v) is 15.9. The number of amides is 2. The molecule has 1 heterocycles. The number of carbonyl (C=O) groups excluding carboxylic acids is 2. The Balaban J connectivity index is 1.87. The van der Waals surface area contributed by atoms with Crippen LogP contribution in [0.1, 0.15) is 18.4 Å². The zero-order chi connectivity index (χ0) is 19.1. The molecule has 142 valence electrons. The maximum Gasteiger partial charge on any atom is 0.260 e. The number of hydrogen-bond donors (Lipinski definition) is 0. The molecule has 0 N–H and O–H groups in total. The highest BCUT2D eigenvalue weighted by Gasteiger charge is 2.28. The molecule has 26 heavy (non-hydrogen) atoms. The number of likely N-dealkylation sites (tertiary alicyclic amines) is 1. The van der Waals surface area contributed by atoms with Gasteiger partial charge in [-0.2, -0.15) is 0 Å². The van der Waals surface area contributed by atoms with Gasteiger partial charge < -0.3 is 19.3 Å². The van der Waals surface area contributed by atoms with Gasteiger partial charge in [0.2, 0.25) is 5.91 Å². The van der Waals surface area contributed by atoms with Crippen LogP contribution in [0, 0.1) is 5.92 Å². The molecule has 0 aromatic heterocycles. The van der Waals surface area contributed by atoms with Gasteiger partial charge in [-0.05, 0) is 37.0 Å². The average Bonchev–Trinajstić information content (AvgIpc) is 2.66. The summed E-state index contributed by atoms with van der Waals surface area (Å²) in [6.07, 6.45) is 3.96. The van der Waals surface area contributed by atoms with E-state index in [1.165, 1.54) is 0 Å². The van der Waals surface area contributed by atoms with E-state index < -0.39 is 0 Å². The van der Waals surface area contributed by atoms with Crippen LogP contribution in [0.2, 0.25) is 0 Å². The van der Waals surface area contributed by atoms with E-state index in [1.54, 1.807) is 31.0 Å². The van der Waals surface area contributed by atoms with Gasteiger partial charge in [0.15, 0.2) is 18.1 Å². The Morgan fingerprint density at radius 1 is 1.27 bits per heavy atom. The summed E-state index contributed by atoms with van der Waals surface area (Å²) in [4.78, 5) is 27.8. The van der Waals surface area contributed by atoms with Crippen molar-refractivity contribution in [2.24, 2.45) is 5.92 Å². The first-order chi connectivity index (χ1) is 12.5. The Kier molecular flexibility index (Phi) is 7.06. The number of nitrogens with zero attached hydrogens (tertiary/aromatic N) is 2. The molecule has 2 rings (SSSR count). The van der Waals surface area contributed by atoms with Crippen LogP contribution < -0.4 is 9.47 Å². The molecule has 0 bridgehead atoms. The van der Waals surface area contributed by atoms with Crippen LogP contribution >= 0.6 is 0 Å². The van der Waals surface area contributed by atoms with Crippen LogP contribution in [0.3, 0.4) is 0 Å². The van der Waals surface area contributed by atoms with Crippen LogP contribution in [0.15, 0.2) is 30.9 Å². The summed E-state index contributed by atoms with van der Waals surface area (Å²) in [6, 6.07) is 5.63. The molecule has 1 aliphatic rings. The number of rotatable bonds is 7. The van der Waals surface area contributed by atoms with Gasteiger partial charge in [0.25, 0.3) is 5.91 Å². The maximum atomic E-state index is 12.4. The Labute approximate surface area is 155 Å². The third-order valence-corrected chi connectivity index (χ3v) is 4.60. The molecule has 0 radical (unpaired) electrons. The highest BCUT2D eigenvalue weighted by molar-refractivity contribution is 5.80. The third-order valence-electron chi connectivity index (χ3n) is 4.60. The normalized spacial score (nSPS) is 14.7. The van der Waals surface area contributed by atoms with Crippen LogP contribution in [0.4, 0.5) is 0 Å². The second-order valence-electron chi connectivity index (χ2n) is 6.65. The molecule has 1 saturated heterocycles. The SMILES string of the molecule is C=CCc1ccc(OCC(=O)N2CCC(C(=O)N(C)C)CC2)c(OC)c1. The second-order valence-corrected chi connectivity index (χ2v) is 6.65. The van der Waals surface area contributed by atoms with Crippen molar-refractivity contribution < 1.29 is 19.1 Å². The molecule has 1 aromatic carbocycles. The average molecular weight is 360 g/mol. The molecule has 1 fully saturated rings. The van der Waals surface area contributed by atoms with Gasteiger partial charge in [0.05, 0.1) is 7.11 Å². The van der Waals surface area contributed by atoms with E-state index in [4.69, 9.17) is 9.47 Å². The Morgan fingerprint density at radius 3 is 2.54 bits per heavy atom. The lowest BCUT2D eigenvalue weighted by Gasteiger charge is -2.32. The van der Waals surface area contributed by atoms with Gasteiger partial charge >= 0.3 is 0 Å². The standard InChI is InChI=1S/C20H28N2O4/c1-5-6-15-7-8-17(18(13-15)25-4)26-14-19(23)22-11-9-16(10-12-22)20(24)21(2)3/h5,7-8,13,16H,1,6,9-12,14H2,2-4H3. The van der Waals surface area contributed by atoms with Crippen molar-refractivity contribution in [3.05, 3.63) is 36.4 Å². The van der Waals surface area contributed by atoms with E-state index in [0.717, 1.165) is 12.0 Å². The van der Waals surface area contributed by atoms with E-state index in [2.05, 4.69) is 6.58 Å². The molecular formula is C20H28N2O4. The lowest BCUT2D eigenvalue weighted by atomic mass is 9.95. The van der Waals surface area contributed by atoms with Crippen molar-refractivity contribution in [1.29, 1.82) is 0 Å². The van der Waals surface area contributed by atoms with Crippen molar-refractivity contribution in [1.82, 2.24) is 9.80 Å². The molecule has 6 heteroatoms. The summed E-state index contributed by atoms with van der Waals surface area (Å²) in [7, 11) is 5.11. The third kappa shape index (κ3) is 5.00. The first kappa shape index (κ1) is 19.8. The summed E-state index contributed by atoms with van der Waals surface area (Å²) in [5.41, 5.74) is 1.07. The molecule has 1 aromatic rings. The van der Waals surface area contributed by atoms with Gasteiger partial charge in [-0.3, -0.25) is 9.59 Å². The van der Waals surface area contributed by atoms with Gasteiger partial charge in [-0.25, -0.2) is 0 Å². The Bertz CT molecular complexity index is 649. The largest absolute Gasteiger partial charge is 0.493 e. The Hall–Kier alpha value is -2.50. The summed E-state index contributed by atoms with van der Waals surface area (Å²) in [6.45, 7) is 4.86. The van der Waals surface area contributed by atoms with Crippen molar-refractivity contribution in [3.8, 4) is 11.5 Å². The quantitative estimate of drug-likeness (QED) is 0.699. The van der Waals surface area contributed by atoms with E-state index in [0.29, 0.717) is 37.4 Å². The molecule has 2 amide bonds. The monoisotopic (exact) mass is 360 g/mol. The topological polar surface area (TPSA) is 59.1 Å². The molecular weight excluding hydrogens is 332 g/mol. The number of carbonyl (C=O) groups is 2. The first-order valence-corrected chi connectivity index (χ1v) is 8.85. The van der Waals surface area contributed by atoms with Crippen molar-refractivity contribution in [3.63, 3.8) is 0 Å². The number of methoxy groups -OCH3 is 1. The van der Waals surface area contributed by atoms with E-state index in [1.807, 2.05) is 24.3 Å². The van der Waals surface area contributed by atoms with Crippen LogP contribution in [-0.2, 0) is 16.0 Å². The van der Waals surface area contributed by atoms with Gasteiger partial charge in [0.1, 0.15) is 0 Å². The fourth-order valence-corrected chi connectivity index (χ4v) is 3.10. The van der Waals surface area contributed by atoms with E-state index in [9.17, 15) is 9.59 Å². The summed E-state index contributed by atoms with van der Waals surface area (Å²) < 4.78 is 11.0. The zero-order valence-electron chi connectivity index (χ0n) is 15.9. The first-order valence-electron chi connectivity index (χ1n) is 8.85. The molecule has 0 aliphatic carbocycles. The second kappa shape index (κ2) is 9.27. The van der Waals surface area contributed by atoms with Crippen molar-refractivity contribution in [2.45, 2.75) is 19.3 Å². The summed E-state index contributed by atoms with van der Waals surface area (Å²) >= 11 is 0. The molecule has 0 unspecified atom stereocenters. The van der Waals surface area contributed by atoms with Crippen molar-refractivity contribution >= 4 is 11.8 Å². The lowest BCUT2D eigenvalue weighted by Crippen LogP contribution is -2.44. The maximum absolute atomic E-state index is 12.4. The summed E-state index contributed by atoms with van der Waals surface area (Å²) in [5, 5.41) is 0. The number of allylic oxidation sites excluding steroid dienone is 1. The van der Waals surface area contributed by atoms with Gasteiger partial charge in [0, 0.05) is 33.1 Å². The molecule has 0 atom stereocenters. The number of ether oxygens (including phenoxy) is 2. The number of hydrogen-bond acceptors (Lipinski definition) is 4. The molecule has 6 nitrogen and oxygen atoms in total. The van der Waals surface area contributed by atoms with E-state index >= 15 is 0 Å². The van der Waals surface area contributed by atoms with Crippen LogP contribution in [0.25, 0.3) is 0 Å². The van der Waals surface area contributed by atoms with Crippen molar-refractivity contribution in [2.75, 3.05) is 40.9 Å². The van der Waals surface area contributed by atoms with Gasteiger partial charge in [-0.1, -0.05) is 12.1 Å². The minimum atomic E-state index is -0.0713. The fraction of sp³-hybridized carbons (Fsp3) is 0.500. The number of piperidine rings is 1. The highest BCUT2D eigenvalue weighted by Crippen LogP contribution is 2.28.